The van der Waals surface area contributed by atoms with Gasteiger partial charge in [0, 0.05) is 17.8 Å². The summed E-state index contributed by atoms with van der Waals surface area (Å²) in [6.45, 7) is 3.38. The molecule has 1 fully saturated rings. The van der Waals surface area contributed by atoms with Crippen LogP contribution in [-0.4, -0.2) is 42.2 Å². The molecule has 2 heterocycles. The Morgan fingerprint density at radius 3 is 3.00 bits per heavy atom. The van der Waals surface area contributed by atoms with Gasteiger partial charge in [-0.1, -0.05) is 6.42 Å². The Balaban J connectivity index is 1.99. The third-order valence-electron chi connectivity index (χ3n) is 3.04. The molecule has 0 aliphatic carbocycles. The van der Waals surface area contributed by atoms with Crippen LogP contribution in [0.25, 0.3) is 0 Å². The van der Waals surface area contributed by atoms with Crippen molar-refractivity contribution < 1.29 is 14.3 Å². The van der Waals surface area contributed by atoms with Crippen LogP contribution in [0.4, 0.5) is 0 Å². The van der Waals surface area contributed by atoms with Crippen molar-refractivity contribution in [2.75, 3.05) is 20.3 Å². The Bertz CT molecular complexity index is 445. The average Bonchev–Trinajstić information content (AvgIpc) is 2.45. The fourth-order valence-corrected chi connectivity index (χ4v) is 2.05. The smallest absolute Gasteiger partial charge is 0.376 e. The monoisotopic (exact) mass is 265 g/mol. The average molecular weight is 265 g/mol. The van der Waals surface area contributed by atoms with Crippen LogP contribution in [-0.2, 0) is 4.74 Å². The number of aryl methyl sites for hydroxylation is 1. The van der Waals surface area contributed by atoms with E-state index in [0.29, 0.717) is 24.2 Å². The molecule has 1 saturated heterocycles. The van der Waals surface area contributed by atoms with Gasteiger partial charge < -0.3 is 14.8 Å². The van der Waals surface area contributed by atoms with Gasteiger partial charge in [-0.2, -0.15) is 4.98 Å². The maximum absolute atomic E-state index is 11.4. The lowest BCUT2D eigenvalue weighted by Gasteiger charge is -2.23. The summed E-state index contributed by atoms with van der Waals surface area (Å²) in [6.07, 6.45) is 3.54. The number of nitrogens with zero attached hydrogens (tertiary/aromatic N) is 2. The number of piperidine rings is 1. The third kappa shape index (κ3) is 3.89. The highest BCUT2D eigenvalue weighted by atomic mass is 16.5. The molecule has 1 aromatic rings. The summed E-state index contributed by atoms with van der Waals surface area (Å²) in [5.74, 6) is -0.0984. The van der Waals surface area contributed by atoms with Crippen molar-refractivity contribution in [3.63, 3.8) is 0 Å². The first-order chi connectivity index (χ1) is 9.19. The normalized spacial score (nSPS) is 18.9. The van der Waals surface area contributed by atoms with Gasteiger partial charge in [0.05, 0.1) is 7.11 Å². The van der Waals surface area contributed by atoms with Gasteiger partial charge in [0.25, 0.3) is 0 Å². The minimum Gasteiger partial charge on any atom is -0.476 e. The van der Waals surface area contributed by atoms with E-state index in [4.69, 9.17) is 4.74 Å². The van der Waals surface area contributed by atoms with E-state index in [-0.39, 0.29) is 5.82 Å². The number of rotatable bonds is 4. The van der Waals surface area contributed by atoms with E-state index in [0.717, 1.165) is 13.0 Å². The van der Waals surface area contributed by atoms with E-state index >= 15 is 0 Å². The Morgan fingerprint density at radius 1 is 1.47 bits per heavy atom. The summed E-state index contributed by atoms with van der Waals surface area (Å²) < 4.78 is 10.2. The molecule has 1 unspecified atom stereocenters. The second kappa shape index (κ2) is 6.47. The van der Waals surface area contributed by atoms with Crippen molar-refractivity contribution in [1.29, 1.82) is 0 Å². The van der Waals surface area contributed by atoms with Crippen molar-refractivity contribution in [1.82, 2.24) is 15.3 Å². The van der Waals surface area contributed by atoms with Gasteiger partial charge in [-0.15, -0.1) is 0 Å². The quantitative estimate of drug-likeness (QED) is 0.822. The first-order valence-electron chi connectivity index (χ1n) is 6.49. The molecule has 1 atom stereocenters. The summed E-state index contributed by atoms with van der Waals surface area (Å²) in [5.41, 5.74) is 0.682. The lowest BCUT2D eigenvalue weighted by atomic mass is 10.1. The second-order valence-corrected chi connectivity index (χ2v) is 4.62. The molecule has 0 amide bonds. The molecule has 6 heteroatoms. The maximum Gasteiger partial charge on any atom is 0.376 e. The Hall–Kier alpha value is -1.69. The fourth-order valence-electron chi connectivity index (χ4n) is 2.05. The van der Waals surface area contributed by atoms with Crippen molar-refractivity contribution in [3.8, 4) is 5.88 Å². The zero-order chi connectivity index (χ0) is 13.7. The molecule has 1 aliphatic rings. The van der Waals surface area contributed by atoms with E-state index in [1.807, 2.05) is 0 Å². The number of hydrogen-bond donors (Lipinski definition) is 1. The molecular weight excluding hydrogens is 246 g/mol. The van der Waals surface area contributed by atoms with Crippen LogP contribution >= 0.6 is 0 Å². The zero-order valence-electron chi connectivity index (χ0n) is 11.3. The molecule has 0 radical (unpaired) electrons. The molecular formula is C13H19N3O3. The second-order valence-electron chi connectivity index (χ2n) is 4.62. The number of carbonyl (C=O) groups excluding carboxylic acids is 1. The minimum absolute atomic E-state index is 0.0362. The van der Waals surface area contributed by atoms with Crippen molar-refractivity contribution in [3.05, 3.63) is 17.6 Å². The number of esters is 1. The van der Waals surface area contributed by atoms with Gasteiger partial charge in [-0.05, 0) is 26.3 Å². The molecule has 0 bridgehead atoms. The highest BCUT2D eigenvalue weighted by Crippen LogP contribution is 2.12. The van der Waals surface area contributed by atoms with Crippen LogP contribution < -0.4 is 10.1 Å². The van der Waals surface area contributed by atoms with Crippen LogP contribution in [0.15, 0.2) is 6.07 Å². The molecule has 104 valence electrons. The van der Waals surface area contributed by atoms with Gasteiger partial charge in [0.1, 0.15) is 6.61 Å². The summed E-state index contributed by atoms with van der Waals surface area (Å²) in [7, 11) is 1.31. The van der Waals surface area contributed by atoms with E-state index in [1.54, 1.807) is 13.0 Å². The predicted molar refractivity (Wildman–Crippen MR) is 69.2 cm³/mol. The summed E-state index contributed by atoms with van der Waals surface area (Å²) >= 11 is 0. The molecule has 0 saturated carbocycles. The maximum atomic E-state index is 11.4. The molecule has 6 nitrogen and oxygen atoms in total. The summed E-state index contributed by atoms with van der Waals surface area (Å²) in [6, 6.07) is 2.07. The SMILES string of the molecule is COC(=O)c1nc(C)cc(OCC2CCCCN2)n1. The molecule has 0 aromatic carbocycles. The van der Waals surface area contributed by atoms with E-state index in [1.165, 1.54) is 20.0 Å². The standard InChI is InChI=1S/C13H19N3O3/c1-9-7-11(16-12(15-9)13(17)18-2)19-8-10-5-3-4-6-14-10/h7,10,14H,3-6,8H2,1-2H3. The number of carbonyl (C=O) groups is 1. The van der Waals surface area contributed by atoms with Crippen molar-refractivity contribution in [2.24, 2.45) is 0 Å². The number of hydrogen-bond acceptors (Lipinski definition) is 6. The molecule has 1 N–H and O–H groups in total. The Labute approximate surface area is 112 Å². The van der Waals surface area contributed by atoms with Gasteiger partial charge in [0.15, 0.2) is 0 Å². The van der Waals surface area contributed by atoms with Gasteiger partial charge >= 0.3 is 5.97 Å². The molecule has 19 heavy (non-hydrogen) atoms. The predicted octanol–water partition coefficient (Wildman–Crippen LogP) is 1.09. The Morgan fingerprint density at radius 2 is 2.32 bits per heavy atom. The molecule has 1 aliphatic heterocycles. The largest absolute Gasteiger partial charge is 0.476 e. The summed E-state index contributed by atoms with van der Waals surface area (Å²) in [5, 5.41) is 3.39. The fraction of sp³-hybridized carbons (Fsp3) is 0.615. The van der Waals surface area contributed by atoms with Gasteiger partial charge in [-0.3, -0.25) is 0 Å². The lowest BCUT2D eigenvalue weighted by molar-refractivity contribution is 0.0584. The first-order valence-corrected chi connectivity index (χ1v) is 6.49. The van der Waals surface area contributed by atoms with Crippen LogP contribution in [0, 0.1) is 6.92 Å². The lowest BCUT2D eigenvalue weighted by Crippen LogP contribution is -2.38. The summed E-state index contributed by atoms with van der Waals surface area (Å²) in [4.78, 5) is 19.5. The molecule has 0 spiro atoms. The minimum atomic E-state index is -0.552. The van der Waals surface area contributed by atoms with Crippen LogP contribution in [0.1, 0.15) is 35.6 Å². The zero-order valence-corrected chi connectivity index (χ0v) is 11.3. The number of nitrogens with one attached hydrogen (secondary N) is 1. The van der Waals surface area contributed by atoms with E-state index < -0.39 is 5.97 Å². The topological polar surface area (TPSA) is 73.3 Å². The van der Waals surface area contributed by atoms with Crippen LogP contribution in [0.2, 0.25) is 0 Å². The highest BCUT2D eigenvalue weighted by molar-refractivity contribution is 5.85. The number of ether oxygens (including phenoxy) is 2. The molecule has 1 aromatic heterocycles. The van der Waals surface area contributed by atoms with Crippen LogP contribution in [0.5, 0.6) is 5.88 Å². The third-order valence-corrected chi connectivity index (χ3v) is 3.04. The van der Waals surface area contributed by atoms with E-state index in [2.05, 4.69) is 20.0 Å². The number of methoxy groups -OCH3 is 1. The van der Waals surface area contributed by atoms with Crippen molar-refractivity contribution >= 4 is 5.97 Å². The number of aromatic nitrogens is 2. The first kappa shape index (κ1) is 13.7. The van der Waals surface area contributed by atoms with Crippen LogP contribution in [0.3, 0.4) is 0 Å². The highest BCUT2D eigenvalue weighted by Gasteiger charge is 2.15. The van der Waals surface area contributed by atoms with Gasteiger partial charge in [-0.25, -0.2) is 9.78 Å². The Kier molecular flexibility index (Phi) is 4.68. The van der Waals surface area contributed by atoms with Crippen molar-refractivity contribution in [2.45, 2.75) is 32.2 Å². The van der Waals surface area contributed by atoms with Gasteiger partial charge in [0.2, 0.25) is 11.7 Å². The molecule has 2 rings (SSSR count). The van der Waals surface area contributed by atoms with E-state index in [9.17, 15) is 4.79 Å².